The average Bonchev–Trinajstić information content (AvgIpc) is 3.17. The predicted octanol–water partition coefficient (Wildman–Crippen LogP) is 3.99. The second-order valence-corrected chi connectivity index (χ2v) is 7.40. The average molecular weight is 416 g/mol. The maximum absolute atomic E-state index is 12.1. The first-order valence-electron chi connectivity index (χ1n) is 8.12. The van der Waals surface area contributed by atoms with Crippen LogP contribution >= 0.6 is 23.1 Å². The van der Waals surface area contributed by atoms with Crippen molar-refractivity contribution < 1.29 is 14.5 Å². The minimum atomic E-state index is -0.485. The molecule has 3 aromatic rings. The van der Waals surface area contributed by atoms with Crippen LogP contribution in [-0.4, -0.2) is 33.7 Å². The number of pyridine rings is 1. The van der Waals surface area contributed by atoms with E-state index in [-0.39, 0.29) is 23.1 Å². The highest BCUT2D eigenvalue weighted by atomic mass is 32.2. The molecule has 1 N–H and O–H groups in total. The second-order valence-electron chi connectivity index (χ2n) is 5.56. The number of thiazole rings is 1. The Hall–Kier alpha value is -2.98. The Morgan fingerprint density at radius 2 is 2.18 bits per heavy atom. The van der Waals surface area contributed by atoms with Crippen molar-refractivity contribution in [2.75, 3.05) is 18.2 Å². The van der Waals surface area contributed by atoms with Crippen LogP contribution in [0.5, 0.6) is 5.75 Å². The van der Waals surface area contributed by atoms with Crippen molar-refractivity contribution in [3.05, 3.63) is 63.7 Å². The van der Waals surface area contributed by atoms with Crippen LogP contribution in [0.2, 0.25) is 0 Å². The number of aromatic nitrogens is 2. The van der Waals surface area contributed by atoms with E-state index in [0.717, 1.165) is 11.3 Å². The van der Waals surface area contributed by atoms with E-state index in [2.05, 4.69) is 15.3 Å². The lowest BCUT2D eigenvalue weighted by molar-refractivity contribution is -0.385. The van der Waals surface area contributed by atoms with Crippen LogP contribution in [0, 0.1) is 10.1 Å². The molecule has 0 bridgehead atoms. The third-order valence-corrected chi connectivity index (χ3v) is 5.38. The van der Waals surface area contributed by atoms with E-state index in [1.807, 2.05) is 23.6 Å². The number of rotatable bonds is 8. The molecule has 2 heterocycles. The minimum Gasteiger partial charge on any atom is -0.490 e. The van der Waals surface area contributed by atoms with Crippen molar-refractivity contribution in [2.45, 2.75) is 5.75 Å². The molecule has 3 rings (SSSR count). The third-order valence-electron chi connectivity index (χ3n) is 3.62. The monoisotopic (exact) mass is 416 g/mol. The van der Waals surface area contributed by atoms with Gasteiger partial charge in [0.1, 0.15) is 5.69 Å². The van der Waals surface area contributed by atoms with Crippen LogP contribution in [0.4, 0.5) is 10.8 Å². The van der Waals surface area contributed by atoms with E-state index in [1.165, 1.54) is 36.3 Å². The van der Waals surface area contributed by atoms with E-state index in [0.29, 0.717) is 16.6 Å². The van der Waals surface area contributed by atoms with Gasteiger partial charge in [0.2, 0.25) is 5.91 Å². The van der Waals surface area contributed by atoms with E-state index < -0.39 is 4.92 Å². The number of ether oxygens (including phenoxy) is 1. The summed E-state index contributed by atoms with van der Waals surface area (Å²) in [5.74, 6) is 0.701. The Morgan fingerprint density at radius 1 is 1.32 bits per heavy atom. The van der Waals surface area contributed by atoms with Gasteiger partial charge in [-0.05, 0) is 23.8 Å². The van der Waals surface area contributed by atoms with Gasteiger partial charge in [-0.15, -0.1) is 23.1 Å². The Bertz CT molecular complexity index is 979. The number of nitrogens with one attached hydrogen (secondary N) is 1. The van der Waals surface area contributed by atoms with Crippen LogP contribution in [0.25, 0.3) is 11.4 Å². The molecule has 0 aliphatic carbocycles. The van der Waals surface area contributed by atoms with Gasteiger partial charge in [0.25, 0.3) is 0 Å². The number of amides is 1. The molecule has 28 heavy (non-hydrogen) atoms. The number of carbonyl (C=O) groups excluding carboxylic acids is 1. The summed E-state index contributed by atoms with van der Waals surface area (Å²) in [6, 6.07) is 10.3. The SMILES string of the molecule is COc1ccc(CSCC(=O)Nc2nc(-c3ccccn3)cs2)cc1[N+](=O)[O-]. The van der Waals surface area contributed by atoms with E-state index in [1.54, 1.807) is 18.3 Å². The van der Waals surface area contributed by atoms with Gasteiger partial charge >= 0.3 is 5.69 Å². The van der Waals surface area contributed by atoms with Crippen LogP contribution in [-0.2, 0) is 10.5 Å². The normalized spacial score (nSPS) is 10.5. The van der Waals surface area contributed by atoms with Gasteiger partial charge in [-0.25, -0.2) is 4.98 Å². The number of hydrogen-bond acceptors (Lipinski definition) is 8. The summed E-state index contributed by atoms with van der Waals surface area (Å²) in [7, 11) is 1.39. The molecule has 1 amide bonds. The maximum atomic E-state index is 12.1. The Morgan fingerprint density at radius 3 is 2.89 bits per heavy atom. The number of nitro groups is 1. The number of hydrogen-bond donors (Lipinski definition) is 1. The topological polar surface area (TPSA) is 107 Å². The van der Waals surface area contributed by atoms with Gasteiger partial charge in [0.15, 0.2) is 10.9 Å². The van der Waals surface area contributed by atoms with E-state index in [4.69, 9.17) is 4.74 Å². The summed E-state index contributed by atoms with van der Waals surface area (Å²) in [4.78, 5) is 31.3. The molecule has 0 unspecified atom stereocenters. The van der Waals surface area contributed by atoms with Gasteiger partial charge in [0, 0.05) is 23.4 Å². The molecule has 0 saturated heterocycles. The molecule has 1 aromatic carbocycles. The first kappa shape index (κ1) is 19.8. The van der Waals surface area contributed by atoms with Crippen molar-refractivity contribution in [2.24, 2.45) is 0 Å². The Kier molecular flexibility index (Phi) is 6.56. The molecule has 0 aliphatic rings. The fraction of sp³-hybridized carbons (Fsp3) is 0.167. The number of methoxy groups -OCH3 is 1. The van der Waals surface area contributed by atoms with Gasteiger partial charge < -0.3 is 10.1 Å². The number of thioether (sulfide) groups is 1. The zero-order chi connectivity index (χ0) is 19.9. The molecule has 2 aromatic heterocycles. The molecule has 0 atom stereocenters. The van der Waals surface area contributed by atoms with Gasteiger partial charge in [-0.2, -0.15) is 0 Å². The zero-order valence-corrected chi connectivity index (χ0v) is 16.5. The number of nitrogens with zero attached hydrogens (tertiary/aromatic N) is 3. The molecule has 144 valence electrons. The Labute approximate surface area is 169 Å². The maximum Gasteiger partial charge on any atom is 0.311 e. The van der Waals surface area contributed by atoms with Crippen molar-refractivity contribution in [1.82, 2.24) is 9.97 Å². The van der Waals surface area contributed by atoms with Crippen LogP contribution < -0.4 is 10.1 Å². The van der Waals surface area contributed by atoms with Crippen molar-refractivity contribution in [3.63, 3.8) is 0 Å². The van der Waals surface area contributed by atoms with Gasteiger partial charge in [0.05, 0.1) is 23.5 Å². The fourth-order valence-electron chi connectivity index (χ4n) is 2.35. The van der Waals surface area contributed by atoms with Crippen molar-refractivity contribution >= 4 is 39.8 Å². The molecule has 10 heteroatoms. The summed E-state index contributed by atoms with van der Waals surface area (Å²) >= 11 is 2.69. The summed E-state index contributed by atoms with van der Waals surface area (Å²) in [5, 5.41) is 16.2. The molecule has 0 fully saturated rings. The highest BCUT2D eigenvalue weighted by Gasteiger charge is 2.15. The summed E-state index contributed by atoms with van der Waals surface area (Å²) in [5.41, 5.74) is 2.11. The molecular formula is C18H16N4O4S2. The lowest BCUT2D eigenvalue weighted by Gasteiger charge is -2.05. The molecular weight excluding hydrogens is 400 g/mol. The fourth-order valence-corrected chi connectivity index (χ4v) is 3.84. The quantitative estimate of drug-likeness (QED) is 0.437. The van der Waals surface area contributed by atoms with E-state index in [9.17, 15) is 14.9 Å². The van der Waals surface area contributed by atoms with Crippen LogP contribution in [0.3, 0.4) is 0 Å². The van der Waals surface area contributed by atoms with E-state index >= 15 is 0 Å². The number of carbonyl (C=O) groups is 1. The molecule has 0 spiro atoms. The molecule has 8 nitrogen and oxygen atoms in total. The first-order chi connectivity index (χ1) is 13.6. The predicted molar refractivity (Wildman–Crippen MR) is 110 cm³/mol. The summed E-state index contributed by atoms with van der Waals surface area (Å²) in [6.45, 7) is 0. The standard InChI is InChI=1S/C18H16N4O4S2/c1-26-16-6-5-12(8-15(16)22(24)25)9-27-11-17(23)21-18-20-14(10-28-18)13-4-2-3-7-19-13/h2-8,10H,9,11H2,1H3,(H,20,21,23). The smallest absolute Gasteiger partial charge is 0.311 e. The number of anilines is 1. The number of nitro benzene ring substituents is 1. The molecule has 0 saturated carbocycles. The first-order valence-corrected chi connectivity index (χ1v) is 10.2. The minimum absolute atomic E-state index is 0.0881. The Balaban J connectivity index is 1.52. The van der Waals surface area contributed by atoms with Gasteiger partial charge in [-0.1, -0.05) is 12.1 Å². The van der Waals surface area contributed by atoms with Crippen molar-refractivity contribution in [1.29, 1.82) is 0 Å². The number of benzene rings is 1. The third kappa shape index (κ3) is 5.05. The second kappa shape index (κ2) is 9.29. The van der Waals surface area contributed by atoms with Gasteiger partial charge in [-0.3, -0.25) is 19.9 Å². The van der Waals surface area contributed by atoms with Crippen LogP contribution in [0.1, 0.15) is 5.56 Å². The lowest BCUT2D eigenvalue weighted by Crippen LogP contribution is -2.14. The highest BCUT2D eigenvalue weighted by molar-refractivity contribution is 7.99. The van der Waals surface area contributed by atoms with Crippen molar-refractivity contribution in [3.8, 4) is 17.1 Å². The lowest BCUT2D eigenvalue weighted by atomic mass is 10.2. The van der Waals surface area contributed by atoms with Crippen LogP contribution in [0.15, 0.2) is 48.0 Å². The summed E-state index contributed by atoms with van der Waals surface area (Å²) in [6.07, 6.45) is 1.69. The highest BCUT2D eigenvalue weighted by Crippen LogP contribution is 2.29. The molecule has 0 radical (unpaired) electrons. The zero-order valence-electron chi connectivity index (χ0n) is 14.8. The largest absolute Gasteiger partial charge is 0.490 e. The molecule has 0 aliphatic heterocycles. The summed E-state index contributed by atoms with van der Waals surface area (Å²) < 4.78 is 4.98.